The third-order valence-corrected chi connectivity index (χ3v) is 6.15. The summed E-state index contributed by atoms with van der Waals surface area (Å²) in [4.78, 5) is 15.4. The van der Waals surface area contributed by atoms with Gasteiger partial charge in [0.15, 0.2) is 0 Å². The Kier molecular flexibility index (Phi) is 4.29. The van der Waals surface area contributed by atoms with E-state index in [1.165, 1.54) is 16.9 Å². The molecular weight excluding hydrogens is 356 g/mol. The molecule has 0 aliphatic rings. The van der Waals surface area contributed by atoms with Gasteiger partial charge >= 0.3 is 0 Å². The molecule has 0 amide bonds. The fourth-order valence-electron chi connectivity index (χ4n) is 3.49. The molecule has 0 radical (unpaired) electrons. The van der Waals surface area contributed by atoms with Crippen molar-refractivity contribution >= 4 is 32.3 Å². The Bertz CT molecular complexity index is 1190. The maximum atomic E-state index is 12.4. The Balaban J connectivity index is 2.03. The van der Waals surface area contributed by atoms with Gasteiger partial charge in [-0.15, -0.1) is 11.3 Å². The lowest BCUT2D eigenvalue weighted by atomic mass is 9.84. The number of fused-ring (bicyclic) bond motifs is 3. The lowest BCUT2D eigenvalue weighted by molar-refractivity contribution is 0.417. The summed E-state index contributed by atoms with van der Waals surface area (Å²) in [5, 5.41) is 3.92. The molecule has 4 nitrogen and oxygen atoms in total. The molecule has 0 unspecified atom stereocenters. The lowest BCUT2D eigenvalue weighted by Crippen LogP contribution is -2.27. The molecule has 4 aromatic rings. The van der Waals surface area contributed by atoms with Crippen molar-refractivity contribution in [3.05, 3.63) is 63.8 Å². The summed E-state index contributed by atoms with van der Waals surface area (Å²) in [6, 6.07) is 14.3. The van der Waals surface area contributed by atoms with Crippen LogP contribution >= 0.6 is 11.3 Å². The summed E-state index contributed by atoms with van der Waals surface area (Å²) in [6.07, 6.45) is 0. The number of rotatable bonds is 4. The minimum absolute atomic E-state index is 0.0522. The van der Waals surface area contributed by atoms with Gasteiger partial charge in [-0.3, -0.25) is 4.79 Å². The highest BCUT2D eigenvalue weighted by Crippen LogP contribution is 2.40. The van der Waals surface area contributed by atoms with Gasteiger partial charge in [-0.1, -0.05) is 38.1 Å². The molecule has 0 atom stereocenters. The first-order chi connectivity index (χ1) is 13.0. The van der Waals surface area contributed by atoms with Crippen LogP contribution in [0.3, 0.4) is 0 Å². The fourth-order valence-corrected chi connectivity index (χ4v) is 4.29. The average Bonchev–Trinajstić information content (AvgIpc) is 3.18. The molecule has 3 N–H and O–H groups in total. The van der Waals surface area contributed by atoms with Crippen LogP contribution in [0.5, 0.6) is 5.75 Å². The number of nitrogens with one attached hydrogen (secondary N) is 1. The second-order valence-electron chi connectivity index (χ2n) is 7.35. The first kappa shape index (κ1) is 17.8. The molecule has 0 aliphatic carbocycles. The van der Waals surface area contributed by atoms with Gasteiger partial charge in [-0.2, -0.15) is 0 Å². The first-order valence-corrected chi connectivity index (χ1v) is 9.75. The van der Waals surface area contributed by atoms with Crippen molar-refractivity contribution in [1.82, 2.24) is 4.98 Å². The van der Waals surface area contributed by atoms with E-state index in [0.29, 0.717) is 6.54 Å². The van der Waals surface area contributed by atoms with E-state index in [0.717, 1.165) is 37.9 Å². The van der Waals surface area contributed by atoms with Crippen LogP contribution in [-0.4, -0.2) is 18.6 Å². The standard InChI is InChI=1S/C22H22N2O2S/c1-22(2,12-23)14-6-4-13(5-7-14)18-17(26-3)9-8-16-19(18)15-10-11-27-20(15)21(25)24-16/h4-11H,12,23H2,1-3H3,(H,24,25). The molecule has 0 bridgehead atoms. The van der Waals surface area contributed by atoms with Crippen molar-refractivity contribution < 1.29 is 4.74 Å². The molecule has 0 aliphatic heterocycles. The Morgan fingerprint density at radius 2 is 1.85 bits per heavy atom. The zero-order chi connectivity index (χ0) is 19.2. The van der Waals surface area contributed by atoms with E-state index in [9.17, 15) is 4.79 Å². The van der Waals surface area contributed by atoms with Gasteiger partial charge in [0, 0.05) is 33.8 Å². The van der Waals surface area contributed by atoms with E-state index < -0.39 is 0 Å². The zero-order valence-corrected chi connectivity index (χ0v) is 16.4. The van der Waals surface area contributed by atoms with E-state index in [1.54, 1.807) is 7.11 Å². The molecule has 27 heavy (non-hydrogen) atoms. The Hall–Kier alpha value is -2.63. The maximum absolute atomic E-state index is 12.4. The maximum Gasteiger partial charge on any atom is 0.266 e. The van der Waals surface area contributed by atoms with Gasteiger partial charge in [-0.05, 0) is 34.7 Å². The van der Waals surface area contributed by atoms with E-state index in [4.69, 9.17) is 10.5 Å². The highest BCUT2D eigenvalue weighted by molar-refractivity contribution is 7.17. The summed E-state index contributed by atoms with van der Waals surface area (Å²) in [5.74, 6) is 0.785. The van der Waals surface area contributed by atoms with Crippen molar-refractivity contribution in [2.24, 2.45) is 5.73 Å². The quantitative estimate of drug-likeness (QED) is 0.543. The van der Waals surface area contributed by atoms with Crippen LogP contribution in [-0.2, 0) is 5.41 Å². The van der Waals surface area contributed by atoms with Gasteiger partial charge in [0.1, 0.15) is 10.4 Å². The number of ether oxygens (including phenoxy) is 1. The fraction of sp³-hybridized carbons (Fsp3) is 0.227. The molecule has 2 heterocycles. The lowest BCUT2D eigenvalue weighted by Gasteiger charge is -2.23. The monoisotopic (exact) mass is 378 g/mol. The Labute approximate surface area is 161 Å². The summed E-state index contributed by atoms with van der Waals surface area (Å²) in [7, 11) is 1.67. The predicted molar refractivity (Wildman–Crippen MR) is 114 cm³/mol. The molecule has 0 saturated carbocycles. The van der Waals surface area contributed by atoms with E-state index in [2.05, 4.69) is 43.1 Å². The third-order valence-electron chi connectivity index (χ3n) is 5.24. The second kappa shape index (κ2) is 6.51. The molecule has 0 fully saturated rings. The van der Waals surface area contributed by atoms with Crippen molar-refractivity contribution in [3.63, 3.8) is 0 Å². The number of aromatic amines is 1. The van der Waals surface area contributed by atoms with Gasteiger partial charge < -0.3 is 15.5 Å². The number of hydrogen-bond acceptors (Lipinski definition) is 4. The highest BCUT2D eigenvalue weighted by Gasteiger charge is 2.20. The van der Waals surface area contributed by atoms with E-state index >= 15 is 0 Å². The van der Waals surface area contributed by atoms with Crippen molar-refractivity contribution in [3.8, 4) is 16.9 Å². The van der Waals surface area contributed by atoms with Crippen LogP contribution in [0.15, 0.2) is 52.6 Å². The van der Waals surface area contributed by atoms with Crippen LogP contribution in [0.1, 0.15) is 19.4 Å². The molecule has 0 spiro atoms. The van der Waals surface area contributed by atoms with Crippen LogP contribution in [0.25, 0.3) is 32.1 Å². The van der Waals surface area contributed by atoms with Gasteiger partial charge in [-0.25, -0.2) is 0 Å². The van der Waals surface area contributed by atoms with Crippen LogP contribution in [0.2, 0.25) is 0 Å². The summed E-state index contributed by atoms with van der Waals surface area (Å²) < 4.78 is 6.41. The minimum atomic E-state index is -0.0762. The largest absolute Gasteiger partial charge is 0.496 e. The van der Waals surface area contributed by atoms with E-state index in [-0.39, 0.29) is 11.0 Å². The van der Waals surface area contributed by atoms with Gasteiger partial charge in [0.05, 0.1) is 7.11 Å². The predicted octanol–water partition coefficient (Wildman–Crippen LogP) is 4.65. The Morgan fingerprint density at radius 3 is 2.52 bits per heavy atom. The molecule has 5 heteroatoms. The molecule has 2 aromatic heterocycles. The van der Waals surface area contributed by atoms with Crippen LogP contribution in [0, 0.1) is 0 Å². The summed E-state index contributed by atoms with van der Waals surface area (Å²) in [6.45, 7) is 4.86. The van der Waals surface area contributed by atoms with Crippen molar-refractivity contribution in [2.75, 3.05) is 13.7 Å². The van der Waals surface area contributed by atoms with Crippen molar-refractivity contribution in [2.45, 2.75) is 19.3 Å². The molecule has 138 valence electrons. The summed E-state index contributed by atoms with van der Waals surface area (Å²) in [5.41, 5.74) is 9.84. The zero-order valence-electron chi connectivity index (χ0n) is 15.6. The smallest absolute Gasteiger partial charge is 0.266 e. The van der Waals surface area contributed by atoms with E-state index in [1.807, 2.05) is 23.6 Å². The molecule has 0 saturated heterocycles. The number of thiophene rings is 1. The number of benzene rings is 2. The number of H-pyrrole nitrogens is 1. The number of nitrogens with two attached hydrogens (primary N) is 1. The molecule has 4 rings (SSSR count). The average molecular weight is 378 g/mol. The topological polar surface area (TPSA) is 68.1 Å². The molecule has 2 aromatic carbocycles. The van der Waals surface area contributed by atoms with Crippen molar-refractivity contribution in [1.29, 1.82) is 0 Å². The van der Waals surface area contributed by atoms with Gasteiger partial charge in [0.2, 0.25) is 0 Å². The minimum Gasteiger partial charge on any atom is -0.496 e. The molecular formula is C22H22N2O2S. The normalized spacial score (nSPS) is 12.0. The first-order valence-electron chi connectivity index (χ1n) is 8.87. The summed E-state index contributed by atoms with van der Waals surface area (Å²) >= 11 is 1.46. The third kappa shape index (κ3) is 2.83. The number of methoxy groups -OCH3 is 1. The SMILES string of the molecule is COc1ccc2[nH]c(=O)c3sccc3c2c1-c1ccc(C(C)(C)CN)cc1. The van der Waals surface area contributed by atoms with Gasteiger partial charge in [0.25, 0.3) is 5.56 Å². The number of pyridine rings is 1. The second-order valence-corrected chi connectivity index (χ2v) is 8.26. The number of aromatic nitrogens is 1. The van der Waals surface area contributed by atoms with Crippen LogP contribution in [0.4, 0.5) is 0 Å². The van der Waals surface area contributed by atoms with Crippen LogP contribution < -0.4 is 16.0 Å². The number of hydrogen-bond donors (Lipinski definition) is 2. The Morgan fingerprint density at radius 1 is 1.11 bits per heavy atom. The highest BCUT2D eigenvalue weighted by atomic mass is 32.1.